The fourth-order valence-corrected chi connectivity index (χ4v) is 3.24. The molecule has 0 unspecified atom stereocenters. The second kappa shape index (κ2) is 9.91. The van der Waals surface area contributed by atoms with Crippen LogP contribution in [-0.2, 0) is 4.79 Å². The summed E-state index contributed by atoms with van der Waals surface area (Å²) in [7, 11) is 3.45. The van der Waals surface area contributed by atoms with Crippen molar-refractivity contribution >= 4 is 35.1 Å². The number of likely N-dealkylation sites (tertiary alicyclic amines) is 1. The number of amides is 2. The molecule has 1 aromatic carbocycles. The van der Waals surface area contributed by atoms with Gasteiger partial charge in [-0.25, -0.2) is 9.97 Å². The molecule has 2 heterocycles. The Morgan fingerprint density at radius 1 is 1.32 bits per heavy atom. The minimum Gasteiger partial charge on any atom is -0.382 e. The zero-order valence-electron chi connectivity index (χ0n) is 17.2. The number of nitriles is 1. The van der Waals surface area contributed by atoms with Gasteiger partial charge < -0.3 is 20.4 Å². The van der Waals surface area contributed by atoms with Gasteiger partial charge in [-0.05, 0) is 24.6 Å². The highest BCUT2D eigenvalue weighted by atomic mass is 35.5. The Hall–Kier alpha value is -3.64. The van der Waals surface area contributed by atoms with Crippen LogP contribution in [0.4, 0.5) is 11.6 Å². The summed E-state index contributed by atoms with van der Waals surface area (Å²) < 4.78 is 0. The summed E-state index contributed by atoms with van der Waals surface area (Å²) in [6, 6.07) is 8.57. The van der Waals surface area contributed by atoms with Crippen LogP contribution in [0.5, 0.6) is 0 Å². The number of nitrogens with one attached hydrogen (secondary N) is 2. The maximum absolute atomic E-state index is 12.9. The first-order chi connectivity index (χ1) is 14.9. The van der Waals surface area contributed by atoms with Gasteiger partial charge in [0.1, 0.15) is 11.6 Å². The average Bonchev–Trinajstić information content (AvgIpc) is 3.21. The Kier molecular flexibility index (Phi) is 7.05. The molecule has 0 radical (unpaired) electrons. The minimum absolute atomic E-state index is 0.0281. The second-order valence-electron chi connectivity index (χ2n) is 7.26. The Balaban J connectivity index is 1.63. The first kappa shape index (κ1) is 22.1. The van der Waals surface area contributed by atoms with Crippen LogP contribution in [0.3, 0.4) is 0 Å². The Morgan fingerprint density at radius 2 is 2.06 bits per heavy atom. The molecule has 1 aromatic heterocycles. The van der Waals surface area contributed by atoms with Gasteiger partial charge in [-0.2, -0.15) is 5.26 Å². The molecule has 0 spiro atoms. The lowest BCUT2D eigenvalue weighted by Crippen LogP contribution is -2.32. The fraction of sp³-hybridized carbons (Fsp3) is 0.286. The Labute approximate surface area is 185 Å². The second-order valence-corrected chi connectivity index (χ2v) is 7.70. The molecule has 1 aliphatic rings. The van der Waals surface area contributed by atoms with Gasteiger partial charge in [-0.3, -0.25) is 9.59 Å². The average molecular weight is 440 g/mol. The van der Waals surface area contributed by atoms with Crippen LogP contribution >= 0.6 is 11.6 Å². The zero-order valence-corrected chi connectivity index (χ0v) is 17.9. The Morgan fingerprint density at radius 3 is 2.74 bits per heavy atom. The number of halogens is 1. The van der Waals surface area contributed by atoms with Crippen molar-refractivity contribution in [2.75, 3.05) is 37.8 Å². The zero-order chi connectivity index (χ0) is 22.4. The van der Waals surface area contributed by atoms with E-state index < -0.39 is 5.91 Å². The first-order valence-electron chi connectivity index (χ1n) is 9.59. The molecule has 3 rings (SSSR count). The quantitative estimate of drug-likeness (QED) is 0.524. The topological polar surface area (TPSA) is 114 Å². The predicted octanol–water partition coefficient (Wildman–Crippen LogP) is 2.36. The summed E-state index contributed by atoms with van der Waals surface area (Å²) in [5.41, 5.74) is 0.870. The van der Waals surface area contributed by atoms with Gasteiger partial charge in [0, 0.05) is 50.7 Å². The molecule has 0 saturated carbocycles. The van der Waals surface area contributed by atoms with Gasteiger partial charge in [0.05, 0.1) is 17.4 Å². The third kappa shape index (κ3) is 5.93. The van der Waals surface area contributed by atoms with Crippen LogP contribution in [0, 0.1) is 11.3 Å². The monoisotopic (exact) mass is 439 g/mol. The molecule has 1 saturated heterocycles. The molecule has 2 amide bonds. The van der Waals surface area contributed by atoms with Gasteiger partial charge in [0.25, 0.3) is 11.8 Å². The van der Waals surface area contributed by atoms with Crippen molar-refractivity contribution in [3.05, 3.63) is 59.0 Å². The molecule has 160 valence electrons. The molecular formula is C21H22ClN7O2. The normalized spacial score (nSPS) is 15.9. The molecule has 9 nitrogen and oxygen atoms in total. The number of carbonyl (C=O) groups excluding carboxylic acids is 2. The van der Waals surface area contributed by atoms with E-state index in [0.29, 0.717) is 35.3 Å². The van der Waals surface area contributed by atoms with E-state index in [1.54, 1.807) is 48.2 Å². The summed E-state index contributed by atoms with van der Waals surface area (Å²) in [4.78, 5) is 36.8. The maximum atomic E-state index is 12.9. The highest BCUT2D eigenvalue weighted by Crippen LogP contribution is 2.19. The number of nitrogens with zero attached hydrogens (tertiary/aromatic N) is 5. The third-order valence-electron chi connectivity index (χ3n) is 4.55. The Bertz CT molecular complexity index is 1030. The van der Waals surface area contributed by atoms with Crippen molar-refractivity contribution in [3.8, 4) is 6.07 Å². The summed E-state index contributed by atoms with van der Waals surface area (Å²) >= 11 is 5.80. The number of hydrogen-bond acceptors (Lipinski definition) is 7. The van der Waals surface area contributed by atoms with E-state index in [1.165, 1.54) is 18.6 Å². The summed E-state index contributed by atoms with van der Waals surface area (Å²) in [6.07, 6.45) is 5.22. The van der Waals surface area contributed by atoms with Gasteiger partial charge in [-0.15, -0.1) is 0 Å². The van der Waals surface area contributed by atoms with Crippen LogP contribution in [0.15, 0.2) is 48.4 Å². The van der Waals surface area contributed by atoms with Gasteiger partial charge in [0.15, 0.2) is 0 Å². The lowest BCUT2D eigenvalue weighted by Gasteiger charge is -2.18. The molecule has 2 aromatic rings. The van der Waals surface area contributed by atoms with E-state index in [2.05, 4.69) is 20.6 Å². The number of anilines is 2. The highest BCUT2D eigenvalue weighted by molar-refractivity contribution is 6.30. The molecule has 2 N–H and O–H groups in total. The van der Waals surface area contributed by atoms with E-state index in [0.717, 1.165) is 6.42 Å². The van der Waals surface area contributed by atoms with E-state index in [4.69, 9.17) is 16.9 Å². The fourth-order valence-electron chi connectivity index (χ4n) is 3.14. The molecular weight excluding hydrogens is 418 g/mol. The van der Waals surface area contributed by atoms with Gasteiger partial charge >= 0.3 is 0 Å². The number of carbonyl (C=O) groups is 2. The predicted molar refractivity (Wildman–Crippen MR) is 117 cm³/mol. The number of benzene rings is 1. The van der Waals surface area contributed by atoms with Gasteiger partial charge in [0.2, 0.25) is 5.95 Å². The molecule has 1 atom stereocenters. The van der Waals surface area contributed by atoms with E-state index >= 15 is 0 Å². The number of hydrogen-bond donors (Lipinski definition) is 2. The van der Waals surface area contributed by atoms with Crippen LogP contribution in [0.2, 0.25) is 5.02 Å². The summed E-state index contributed by atoms with van der Waals surface area (Å²) in [6.45, 7) is 1.09. The first-order valence-corrected chi connectivity index (χ1v) is 9.96. The molecule has 0 aliphatic carbocycles. The lowest BCUT2D eigenvalue weighted by atomic mass is 10.1. The summed E-state index contributed by atoms with van der Waals surface area (Å²) in [5, 5.41) is 15.5. The molecule has 1 aliphatic heterocycles. The minimum atomic E-state index is -0.533. The standard InChI is InChI=1S/C21H22ClN7O2/c1-28(2)12-15(9-23)19(30)26-17-5-3-4-14(8-17)20(31)29-7-6-18(13-29)27-21-24-10-16(22)11-25-21/h3-5,8,10-12,18H,6-7,13H2,1-2H3,(H,26,30)(H,24,25,27)/b15-12+/t18-/m1/s1. The smallest absolute Gasteiger partial charge is 0.267 e. The van der Waals surface area contributed by atoms with E-state index in [-0.39, 0.29) is 17.5 Å². The molecule has 31 heavy (non-hydrogen) atoms. The SMILES string of the molecule is CN(C)/C=C(\C#N)C(=O)Nc1cccc(C(=O)N2CC[C@@H](Nc3ncc(Cl)cn3)C2)c1. The van der Waals surface area contributed by atoms with Crippen LogP contribution < -0.4 is 10.6 Å². The maximum Gasteiger partial charge on any atom is 0.267 e. The lowest BCUT2D eigenvalue weighted by molar-refractivity contribution is -0.112. The van der Waals surface area contributed by atoms with Crippen molar-refractivity contribution in [2.24, 2.45) is 0 Å². The highest BCUT2D eigenvalue weighted by Gasteiger charge is 2.27. The molecule has 0 bridgehead atoms. The van der Waals surface area contributed by atoms with Gasteiger partial charge in [-0.1, -0.05) is 17.7 Å². The van der Waals surface area contributed by atoms with Crippen molar-refractivity contribution in [1.82, 2.24) is 19.8 Å². The third-order valence-corrected chi connectivity index (χ3v) is 4.74. The number of rotatable bonds is 6. The largest absolute Gasteiger partial charge is 0.382 e. The van der Waals surface area contributed by atoms with Crippen molar-refractivity contribution < 1.29 is 9.59 Å². The van der Waals surface area contributed by atoms with Crippen LogP contribution in [0.1, 0.15) is 16.8 Å². The number of aromatic nitrogens is 2. The van der Waals surface area contributed by atoms with Crippen LogP contribution in [0.25, 0.3) is 0 Å². The van der Waals surface area contributed by atoms with Crippen molar-refractivity contribution in [3.63, 3.8) is 0 Å². The van der Waals surface area contributed by atoms with E-state index in [1.807, 2.05) is 6.07 Å². The molecule has 1 fully saturated rings. The van der Waals surface area contributed by atoms with Crippen LogP contribution in [-0.4, -0.2) is 64.8 Å². The van der Waals surface area contributed by atoms with E-state index in [9.17, 15) is 9.59 Å². The molecule has 10 heteroatoms. The van der Waals surface area contributed by atoms with Crippen molar-refractivity contribution in [1.29, 1.82) is 5.26 Å². The summed E-state index contributed by atoms with van der Waals surface area (Å²) in [5.74, 6) is -0.205. The van der Waals surface area contributed by atoms with Crippen molar-refractivity contribution in [2.45, 2.75) is 12.5 Å².